The van der Waals surface area contributed by atoms with E-state index >= 15 is 0 Å². The number of carbonyl (C=O) groups is 1. The highest BCUT2D eigenvalue weighted by Gasteiger charge is 2.24. The molecule has 1 saturated heterocycles. The molecule has 0 spiro atoms. The number of hydrogen-bond donors (Lipinski definition) is 1. The third-order valence-corrected chi connectivity index (χ3v) is 5.04. The van der Waals surface area contributed by atoms with E-state index in [1.54, 1.807) is 23.1 Å². The van der Waals surface area contributed by atoms with Crippen LogP contribution < -0.4 is 4.72 Å². The van der Waals surface area contributed by atoms with Crippen molar-refractivity contribution in [2.45, 2.75) is 31.0 Å². The Morgan fingerprint density at radius 1 is 1.22 bits per heavy atom. The SMILES string of the molecule is CNS(=O)(=O)c1ccc(C=CC(=O)N2CC(C)OC(C)C2)cc1. The van der Waals surface area contributed by atoms with Crippen LogP contribution in [0.25, 0.3) is 6.08 Å². The highest BCUT2D eigenvalue weighted by atomic mass is 32.2. The summed E-state index contributed by atoms with van der Waals surface area (Å²) in [4.78, 5) is 14.2. The summed E-state index contributed by atoms with van der Waals surface area (Å²) in [6.45, 7) is 5.04. The molecule has 2 atom stereocenters. The minimum absolute atomic E-state index is 0.0298. The van der Waals surface area contributed by atoms with E-state index in [-0.39, 0.29) is 23.0 Å². The van der Waals surface area contributed by atoms with E-state index in [0.717, 1.165) is 5.56 Å². The summed E-state index contributed by atoms with van der Waals surface area (Å²) in [5, 5.41) is 0. The summed E-state index contributed by atoms with van der Waals surface area (Å²) in [6, 6.07) is 6.35. The lowest BCUT2D eigenvalue weighted by molar-refractivity contribution is -0.137. The van der Waals surface area contributed by atoms with Gasteiger partial charge in [-0.15, -0.1) is 0 Å². The Hall–Kier alpha value is -1.70. The number of nitrogens with one attached hydrogen (secondary N) is 1. The first-order valence-electron chi connectivity index (χ1n) is 7.48. The molecule has 7 heteroatoms. The summed E-state index contributed by atoms with van der Waals surface area (Å²) >= 11 is 0. The minimum Gasteiger partial charge on any atom is -0.372 e. The number of hydrogen-bond acceptors (Lipinski definition) is 4. The topological polar surface area (TPSA) is 75.7 Å². The number of morpholine rings is 1. The van der Waals surface area contributed by atoms with E-state index in [4.69, 9.17) is 4.74 Å². The standard InChI is InChI=1S/C16H22N2O4S/c1-12-10-18(11-13(2)22-12)16(19)9-6-14-4-7-15(8-5-14)23(20,21)17-3/h4-9,12-13,17H,10-11H2,1-3H3. The van der Waals surface area contributed by atoms with Gasteiger partial charge in [-0.3, -0.25) is 4.79 Å². The van der Waals surface area contributed by atoms with Crippen molar-refractivity contribution >= 4 is 22.0 Å². The normalized spacial score (nSPS) is 22.5. The van der Waals surface area contributed by atoms with Crippen LogP contribution in [0.15, 0.2) is 35.2 Å². The van der Waals surface area contributed by atoms with Crippen molar-refractivity contribution in [2.75, 3.05) is 20.1 Å². The molecule has 1 heterocycles. The summed E-state index contributed by atoms with van der Waals surface area (Å²) < 4.78 is 31.2. The number of rotatable bonds is 4. The van der Waals surface area contributed by atoms with Crippen molar-refractivity contribution in [3.63, 3.8) is 0 Å². The Morgan fingerprint density at radius 2 is 1.78 bits per heavy atom. The maximum absolute atomic E-state index is 12.2. The molecule has 126 valence electrons. The fourth-order valence-electron chi connectivity index (χ4n) is 2.51. The van der Waals surface area contributed by atoms with Gasteiger partial charge in [0.15, 0.2) is 0 Å². The molecule has 0 saturated carbocycles. The van der Waals surface area contributed by atoms with Crippen molar-refractivity contribution in [3.05, 3.63) is 35.9 Å². The van der Waals surface area contributed by atoms with Gasteiger partial charge in [0.1, 0.15) is 0 Å². The number of sulfonamides is 1. The Bertz CT molecular complexity index is 673. The second-order valence-electron chi connectivity index (χ2n) is 5.61. The van der Waals surface area contributed by atoms with Gasteiger partial charge in [0.2, 0.25) is 15.9 Å². The zero-order chi connectivity index (χ0) is 17.0. The lowest BCUT2D eigenvalue weighted by Crippen LogP contribution is -2.47. The third kappa shape index (κ3) is 4.63. The molecule has 1 aliphatic rings. The summed E-state index contributed by atoms with van der Waals surface area (Å²) in [5.74, 6) is -0.0704. The lowest BCUT2D eigenvalue weighted by atomic mass is 10.2. The maximum Gasteiger partial charge on any atom is 0.246 e. The Balaban J connectivity index is 2.04. The zero-order valence-corrected chi connectivity index (χ0v) is 14.3. The average Bonchev–Trinajstić information content (AvgIpc) is 2.52. The number of ether oxygens (including phenoxy) is 1. The van der Waals surface area contributed by atoms with Gasteiger partial charge in [0.05, 0.1) is 17.1 Å². The maximum atomic E-state index is 12.2. The second-order valence-corrected chi connectivity index (χ2v) is 7.50. The van der Waals surface area contributed by atoms with Crippen LogP contribution in [0.1, 0.15) is 19.4 Å². The Labute approximate surface area is 137 Å². The molecule has 1 aromatic rings. The van der Waals surface area contributed by atoms with Crippen LogP contribution in [0, 0.1) is 0 Å². The predicted molar refractivity (Wildman–Crippen MR) is 88.3 cm³/mol. The largest absolute Gasteiger partial charge is 0.372 e. The molecule has 2 rings (SSSR count). The van der Waals surface area contributed by atoms with Crippen LogP contribution in [-0.2, 0) is 19.6 Å². The summed E-state index contributed by atoms with van der Waals surface area (Å²) in [7, 11) is -2.07. The first-order valence-corrected chi connectivity index (χ1v) is 8.96. The molecule has 0 bridgehead atoms. The summed E-state index contributed by atoms with van der Waals surface area (Å²) in [5.41, 5.74) is 0.766. The molecule has 1 fully saturated rings. The molecular weight excluding hydrogens is 316 g/mol. The van der Waals surface area contributed by atoms with E-state index in [1.807, 2.05) is 13.8 Å². The molecule has 0 aliphatic carbocycles. The molecule has 0 radical (unpaired) electrons. The van der Waals surface area contributed by atoms with E-state index in [9.17, 15) is 13.2 Å². The highest BCUT2D eigenvalue weighted by molar-refractivity contribution is 7.89. The van der Waals surface area contributed by atoms with Crippen LogP contribution in [0.4, 0.5) is 0 Å². The van der Waals surface area contributed by atoms with E-state index in [1.165, 1.54) is 25.3 Å². The van der Waals surface area contributed by atoms with Gasteiger partial charge >= 0.3 is 0 Å². The minimum atomic E-state index is -3.44. The monoisotopic (exact) mass is 338 g/mol. The van der Waals surface area contributed by atoms with Gasteiger partial charge in [-0.2, -0.15) is 0 Å². The number of benzene rings is 1. The number of carbonyl (C=O) groups excluding carboxylic acids is 1. The fraction of sp³-hybridized carbons (Fsp3) is 0.438. The van der Waals surface area contributed by atoms with Crippen molar-refractivity contribution in [3.8, 4) is 0 Å². The number of nitrogens with zero attached hydrogens (tertiary/aromatic N) is 1. The molecule has 23 heavy (non-hydrogen) atoms. The van der Waals surface area contributed by atoms with Crippen LogP contribution in [0.2, 0.25) is 0 Å². The van der Waals surface area contributed by atoms with Crippen molar-refractivity contribution in [2.24, 2.45) is 0 Å². The van der Waals surface area contributed by atoms with E-state index in [2.05, 4.69) is 4.72 Å². The molecule has 1 amide bonds. The second kappa shape index (κ2) is 7.25. The molecule has 6 nitrogen and oxygen atoms in total. The van der Waals surface area contributed by atoms with Crippen molar-refractivity contribution in [1.82, 2.24) is 9.62 Å². The Kier molecular flexibility index (Phi) is 5.56. The van der Waals surface area contributed by atoms with E-state index in [0.29, 0.717) is 13.1 Å². The van der Waals surface area contributed by atoms with Crippen LogP contribution in [0.3, 0.4) is 0 Å². The Morgan fingerprint density at radius 3 is 2.30 bits per heavy atom. The molecule has 2 unspecified atom stereocenters. The molecular formula is C16H22N2O4S. The molecule has 1 aromatic carbocycles. The van der Waals surface area contributed by atoms with E-state index < -0.39 is 10.0 Å². The van der Waals surface area contributed by atoms with Crippen molar-refractivity contribution in [1.29, 1.82) is 0 Å². The fourth-order valence-corrected chi connectivity index (χ4v) is 3.24. The lowest BCUT2D eigenvalue weighted by Gasteiger charge is -2.34. The van der Waals surface area contributed by atoms with Crippen molar-refractivity contribution < 1.29 is 17.9 Å². The van der Waals surface area contributed by atoms with Gasteiger partial charge in [-0.05, 0) is 44.7 Å². The van der Waals surface area contributed by atoms with Crippen LogP contribution in [0.5, 0.6) is 0 Å². The molecule has 1 aliphatic heterocycles. The third-order valence-electron chi connectivity index (χ3n) is 3.61. The number of amides is 1. The smallest absolute Gasteiger partial charge is 0.246 e. The first kappa shape index (κ1) is 17.7. The first-order chi connectivity index (χ1) is 10.8. The van der Waals surface area contributed by atoms with Gasteiger partial charge in [0, 0.05) is 19.2 Å². The average molecular weight is 338 g/mol. The molecule has 1 N–H and O–H groups in total. The van der Waals surface area contributed by atoms with Gasteiger partial charge in [-0.1, -0.05) is 12.1 Å². The van der Waals surface area contributed by atoms with Gasteiger partial charge < -0.3 is 9.64 Å². The zero-order valence-electron chi connectivity index (χ0n) is 13.5. The quantitative estimate of drug-likeness (QED) is 0.838. The predicted octanol–water partition coefficient (Wildman–Crippen LogP) is 1.24. The highest BCUT2D eigenvalue weighted by Crippen LogP contribution is 2.13. The van der Waals surface area contributed by atoms with Crippen LogP contribution >= 0.6 is 0 Å². The summed E-state index contributed by atoms with van der Waals surface area (Å²) in [6.07, 6.45) is 3.25. The van der Waals surface area contributed by atoms with Crippen LogP contribution in [-0.4, -0.2) is 51.6 Å². The molecule has 0 aromatic heterocycles. The van der Waals surface area contributed by atoms with Gasteiger partial charge in [-0.25, -0.2) is 13.1 Å². The van der Waals surface area contributed by atoms with Gasteiger partial charge in [0.25, 0.3) is 0 Å².